The van der Waals surface area contributed by atoms with Crippen molar-refractivity contribution in [2.45, 2.75) is 20.0 Å². The van der Waals surface area contributed by atoms with E-state index in [0.29, 0.717) is 36.9 Å². The van der Waals surface area contributed by atoms with Crippen molar-refractivity contribution in [2.75, 3.05) is 6.54 Å². The van der Waals surface area contributed by atoms with Gasteiger partial charge in [-0.05, 0) is 19.1 Å². The van der Waals surface area contributed by atoms with Gasteiger partial charge < -0.3 is 4.52 Å². The molecule has 2 aromatic carbocycles. The van der Waals surface area contributed by atoms with Gasteiger partial charge in [0.25, 0.3) is 0 Å². The molecule has 0 saturated heterocycles. The Morgan fingerprint density at radius 1 is 1.16 bits per heavy atom. The van der Waals surface area contributed by atoms with Gasteiger partial charge in [-0.3, -0.25) is 4.90 Å². The molecular formula is C20H20FN3O. The molecule has 0 aliphatic rings. The van der Waals surface area contributed by atoms with Crippen LogP contribution in [0.2, 0.25) is 0 Å². The summed E-state index contributed by atoms with van der Waals surface area (Å²) in [5.41, 5.74) is 2.68. The van der Waals surface area contributed by atoms with E-state index in [4.69, 9.17) is 4.52 Å². The summed E-state index contributed by atoms with van der Waals surface area (Å²) in [6.07, 6.45) is 1.78. The first-order valence-electron chi connectivity index (χ1n) is 8.12. The maximum Gasteiger partial charge on any atom is 0.241 e. The van der Waals surface area contributed by atoms with Gasteiger partial charge in [0.15, 0.2) is 0 Å². The zero-order valence-electron chi connectivity index (χ0n) is 14.2. The minimum absolute atomic E-state index is 0.220. The highest BCUT2D eigenvalue weighted by molar-refractivity contribution is 5.55. The van der Waals surface area contributed by atoms with Crippen LogP contribution in [-0.4, -0.2) is 21.6 Å². The molecule has 0 bridgehead atoms. The fourth-order valence-corrected chi connectivity index (χ4v) is 2.65. The van der Waals surface area contributed by atoms with Crippen molar-refractivity contribution in [3.8, 4) is 11.4 Å². The Bertz CT molecular complexity index is 859. The third-order valence-corrected chi connectivity index (χ3v) is 3.84. The molecule has 3 aromatic rings. The first-order chi connectivity index (χ1) is 12.2. The average molecular weight is 337 g/mol. The molecule has 0 unspecified atom stereocenters. The fourth-order valence-electron chi connectivity index (χ4n) is 2.65. The van der Waals surface area contributed by atoms with Gasteiger partial charge in [-0.2, -0.15) is 4.98 Å². The smallest absolute Gasteiger partial charge is 0.241 e. The van der Waals surface area contributed by atoms with Crippen LogP contribution in [0, 0.1) is 12.7 Å². The highest BCUT2D eigenvalue weighted by Gasteiger charge is 2.14. The van der Waals surface area contributed by atoms with E-state index in [1.165, 1.54) is 6.07 Å². The van der Waals surface area contributed by atoms with E-state index in [9.17, 15) is 4.39 Å². The topological polar surface area (TPSA) is 42.2 Å². The lowest BCUT2D eigenvalue weighted by atomic mass is 10.1. The van der Waals surface area contributed by atoms with Gasteiger partial charge >= 0.3 is 0 Å². The van der Waals surface area contributed by atoms with Crippen LogP contribution in [0.4, 0.5) is 4.39 Å². The third kappa shape index (κ3) is 4.39. The lowest BCUT2D eigenvalue weighted by molar-refractivity contribution is 0.236. The summed E-state index contributed by atoms with van der Waals surface area (Å²) >= 11 is 0. The van der Waals surface area contributed by atoms with E-state index in [-0.39, 0.29) is 5.82 Å². The molecule has 0 aliphatic heterocycles. The number of hydrogen-bond donors (Lipinski definition) is 0. The first-order valence-corrected chi connectivity index (χ1v) is 8.12. The second kappa shape index (κ2) is 7.85. The maximum absolute atomic E-state index is 13.9. The highest BCUT2D eigenvalue weighted by atomic mass is 19.1. The summed E-state index contributed by atoms with van der Waals surface area (Å²) in [5.74, 6) is 0.834. The van der Waals surface area contributed by atoms with Crippen LogP contribution < -0.4 is 0 Å². The molecule has 0 fully saturated rings. The Labute approximate surface area is 146 Å². The molecule has 4 nitrogen and oxygen atoms in total. The summed E-state index contributed by atoms with van der Waals surface area (Å²) < 4.78 is 19.3. The highest BCUT2D eigenvalue weighted by Crippen LogP contribution is 2.18. The van der Waals surface area contributed by atoms with Gasteiger partial charge in [-0.25, -0.2) is 4.39 Å². The first kappa shape index (κ1) is 17.0. The number of benzene rings is 2. The zero-order chi connectivity index (χ0) is 17.6. The molecule has 128 valence electrons. The second-order valence-corrected chi connectivity index (χ2v) is 5.93. The normalized spacial score (nSPS) is 11.0. The molecule has 0 aliphatic carbocycles. The van der Waals surface area contributed by atoms with Gasteiger partial charge in [-0.1, -0.05) is 53.2 Å². The lowest BCUT2D eigenvalue weighted by Crippen LogP contribution is -2.23. The van der Waals surface area contributed by atoms with Crippen molar-refractivity contribution in [1.82, 2.24) is 15.0 Å². The predicted octanol–water partition coefficient (Wildman–Crippen LogP) is 4.37. The Kier molecular flexibility index (Phi) is 5.36. The number of aryl methyl sites for hydroxylation is 1. The third-order valence-electron chi connectivity index (χ3n) is 3.84. The van der Waals surface area contributed by atoms with Crippen LogP contribution in [0.15, 0.2) is 65.7 Å². The number of nitrogens with zero attached hydrogens (tertiary/aromatic N) is 3. The lowest BCUT2D eigenvalue weighted by Gasteiger charge is -2.18. The fraction of sp³-hybridized carbons (Fsp3) is 0.200. The van der Waals surface area contributed by atoms with Crippen LogP contribution in [0.25, 0.3) is 11.4 Å². The predicted molar refractivity (Wildman–Crippen MR) is 95.2 cm³/mol. The van der Waals surface area contributed by atoms with Crippen molar-refractivity contribution in [1.29, 1.82) is 0 Å². The van der Waals surface area contributed by atoms with Gasteiger partial charge in [0.2, 0.25) is 11.7 Å². The van der Waals surface area contributed by atoms with Crippen molar-refractivity contribution < 1.29 is 8.91 Å². The van der Waals surface area contributed by atoms with Crippen LogP contribution in [0.3, 0.4) is 0 Å². The van der Waals surface area contributed by atoms with Gasteiger partial charge in [0, 0.05) is 24.2 Å². The molecule has 0 N–H and O–H groups in total. The van der Waals surface area contributed by atoms with Crippen LogP contribution in [0.1, 0.15) is 17.0 Å². The SMILES string of the molecule is C=CCN(Cc1nc(-c2cccc(C)c2)no1)Cc1ccccc1F. The Balaban J connectivity index is 1.74. The van der Waals surface area contributed by atoms with E-state index in [0.717, 1.165) is 11.1 Å². The Hall–Kier alpha value is -2.79. The van der Waals surface area contributed by atoms with Crippen molar-refractivity contribution in [3.63, 3.8) is 0 Å². The summed E-state index contributed by atoms with van der Waals surface area (Å²) in [6, 6.07) is 14.7. The summed E-state index contributed by atoms with van der Waals surface area (Å²) in [5, 5.41) is 4.05. The van der Waals surface area contributed by atoms with Gasteiger partial charge in [0.1, 0.15) is 5.82 Å². The molecule has 0 saturated carbocycles. The van der Waals surface area contributed by atoms with E-state index < -0.39 is 0 Å². The van der Waals surface area contributed by atoms with Crippen molar-refractivity contribution in [3.05, 3.63) is 84.0 Å². The minimum atomic E-state index is -0.220. The minimum Gasteiger partial charge on any atom is -0.338 e. The largest absolute Gasteiger partial charge is 0.338 e. The molecule has 5 heteroatoms. The number of rotatable bonds is 7. The zero-order valence-corrected chi connectivity index (χ0v) is 14.2. The molecule has 0 radical (unpaired) electrons. The van der Waals surface area contributed by atoms with E-state index in [1.807, 2.05) is 42.2 Å². The average Bonchev–Trinajstić information content (AvgIpc) is 3.06. The molecule has 25 heavy (non-hydrogen) atoms. The van der Waals surface area contributed by atoms with Crippen LogP contribution in [0.5, 0.6) is 0 Å². The monoisotopic (exact) mass is 337 g/mol. The summed E-state index contributed by atoms with van der Waals surface area (Å²) in [6.45, 7) is 7.25. The van der Waals surface area contributed by atoms with Crippen molar-refractivity contribution >= 4 is 0 Å². The molecule has 0 amide bonds. The second-order valence-electron chi connectivity index (χ2n) is 5.93. The Morgan fingerprint density at radius 3 is 2.76 bits per heavy atom. The number of halogens is 1. The summed E-state index contributed by atoms with van der Waals surface area (Å²) in [7, 11) is 0. The van der Waals surface area contributed by atoms with E-state index >= 15 is 0 Å². The quantitative estimate of drug-likeness (QED) is 0.600. The van der Waals surface area contributed by atoms with Crippen molar-refractivity contribution in [2.24, 2.45) is 0 Å². The molecule has 0 spiro atoms. The van der Waals surface area contributed by atoms with Crippen LogP contribution in [-0.2, 0) is 13.1 Å². The summed E-state index contributed by atoms with van der Waals surface area (Å²) in [4.78, 5) is 6.46. The maximum atomic E-state index is 13.9. The number of hydrogen-bond acceptors (Lipinski definition) is 4. The standard InChI is InChI=1S/C20H20FN3O/c1-3-11-24(13-17-8-4-5-10-18(17)21)14-19-22-20(23-25-19)16-9-6-7-15(2)12-16/h3-10,12H,1,11,13-14H2,2H3. The molecule has 0 atom stereocenters. The Morgan fingerprint density at radius 2 is 2.00 bits per heavy atom. The number of aromatic nitrogens is 2. The molecule has 1 aromatic heterocycles. The van der Waals surface area contributed by atoms with Gasteiger partial charge in [0.05, 0.1) is 6.54 Å². The molecule has 1 heterocycles. The van der Waals surface area contributed by atoms with Gasteiger partial charge in [-0.15, -0.1) is 6.58 Å². The van der Waals surface area contributed by atoms with E-state index in [1.54, 1.807) is 18.2 Å². The molecule has 3 rings (SSSR count). The molecular weight excluding hydrogens is 317 g/mol. The van der Waals surface area contributed by atoms with Crippen LogP contribution >= 0.6 is 0 Å². The van der Waals surface area contributed by atoms with E-state index in [2.05, 4.69) is 16.7 Å².